The average molecular weight is 373 g/mol. The molecule has 29 heavy (non-hydrogen) atoms. The van der Waals surface area contributed by atoms with Crippen molar-refractivity contribution in [2.45, 2.75) is 0 Å². The fourth-order valence-electron chi connectivity index (χ4n) is 3.48. The van der Waals surface area contributed by atoms with Gasteiger partial charge in [-0.2, -0.15) is 0 Å². The molecule has 0 aliphatic rings. The summed E-state index contributed by atoms with van der Waals surface area (Å²) in [5.41, 5.74) is 7.63. The topological polar surface area (TPSA) is 41.0 Å². The Labute approximate surface area is 169 Å². The van der Waals surface area contributed by atoms with Gasteiger partial charge in [0.1, 0.15) is 0 Å². The Kier molecular flexibility index (Phi) is 4.47. The minimum Gasteiger partial charge on any atom is -0.354 e. The largest absolute Gasteiger partial charge is 0.354 e. The third-order valence-electron chi connectivity index (χ3n) is 5.00. The molecule has 0 unspecified atom stereocenters. The first-order chi connectivity index (χ1) is 14.4. The Morgan fingerprint density at radius 2 is 1.45 bits per heavy atom. The first kappa shape index (κ1) is 17.1. The number of pyridine rings is 1. The van der Waals surface area contributed by atoms with E-state index in [1.807, 2.05) is 55.0 Å². The molecule has 0 spiro atoms. The maximum absolute atomic E-state index is 4.77. The predicted octanol–water partition coefficient (Wildman–Crippen LogP) is 6.65. The van der Waals surface area contributed by atoms with Crippen LogP contribution in [0.1, 0.15) is 5.56 Å². The van der Waals surface area contributed by atoms with Crippen molar-refractivity contribution in [3.05, 3.63) is 109 Å². The monoisotopic (exact) mass is 373 g/mol. The zero-order valence-corrected chi connectivity index (χ0v) is 15.8. The quantitative estimate of drug-likeness (QED) is 0.352. The van der Waals surface area contributed by atoms with Crippen LogP contribution in [0.2, 0.25) is 0 Å². The summed E-state index contributed by atoms with van der Waals surface area (Å²) in [5.74, 6) is 0. The molecule has 0 aliphatic carbocycles. The lowest BCUT2D eigenvalue weighted by molar-refractivity contribution is 1.33. The molecule has 2 aromatic heterocycles. The molecule has 0 amide bonds. The molecular weight excluding hydrogens is 354 g/mol. The third kappa shape index (κ3) is 3.58. The second-order valence-corrected chi connectivity index (χ2v) is 6.90. The van der Waals surface area contributed by atoms with Crippen LogP contribution >= 0.6 is 0 Å². The molecule has 138 valence electrons. The summed E-state index contributed by atoms with van der Waals surface area (Å²) < 4.78 is 0. The van der Waals surface area contributed by atoms with Gasteiger partial charge in [-0.25, -0.2) is 0 Å². The number of nitrogens with zero attached hydrogens (tertiary/aromatic N) is 2. The number of aliphatic imine (C=N–C) groups is 1. The van der Waals surface area contributed by atoms with E-state index in [2.05, 4.69) is 64.6 Å². The standard InChI is InChI=1S/C26H19N3/c1-3-7-24-22(5-1)17-26(29-24)23-6-2-4-8-25(23)28-18-19-9-11-20(12-10-19)21-13-15-27-16-14-21/h1-18,29H. The smallest absolute Gasteiger partial charge is 0.0723 e. The number of aromatic amines is 1. The highest BCUT2D eigenvalue weighted by Gasteiger charge is 2.07. The zero-order valence-electron chi connectivity index (χ0n) is 15.8. The molecular formula is C26H19N3. The second-order valence-electron chi connectivity index (χ2n) is 6.90. The molecule has 0 saturated carbocycles. The summed E-state index contributed by atoms with van der Waals surface area (Å²) in [7, 11) is 0. The highest BCUT2D eigenvalue weighted by atomic mass is 14.8. The molecule has 3 heteroatoms. The van der Waals surface area contributed by atoms with E-state index in [1.165, 1.54) is 10.9 Å². The normalized spacial score (nSPS) is 11.3. The van der Waals surface area contributed by atoms with Crippen molar-refractivity contribution >= 4 is 22.8 Å². The summed E-state index contributed by atoms with van der Waals surface area (Å²) in [6, 6.07) is 31.1. The molecule has 0 aliphatic heterocycles. The number of hydrogen-bond donors (Lipinski definition) is 1. The number of hydrogen-bond acceptors (Lipinski definition) is 2. The Hall–Kier alpha value is -3.98. The van der Waals surface area contributed by atoms with E-state index in [1.54, 1.807) is 0 Å². The van der Waals surface area contributed by atoms with Gasteiger partial charge in [-0.3, -0.25) is 9.98 Å². The lowest BCUT2D eigenvalue weighted by atomic mass is 10.1. The molecule has 0 atom stereocenters. The van der Waals surface area contributed by atoms with Crippen molar-refractivity contribution in [1.29, 1.82) is 0 Å². The second kappa shape index (κ2) is 7.56. The van der Waals surface area contributed by atoms with Crippen LogP contribution in [0.5, 0.6) is 0 Å². The van der Waals surface area contributed by atoms with E-state index >= 15 is 0 Å². The Morgan fingerprint density at radius 3 is 2.28 bits per heavy atom. The maximum atomic E-state index is 4.77. The fourth-order valence-corrected chi connectivity index (χ4v) is 3.48. The van der Waals surface area contributed by atoms with E-state index in [9.17, 15) is 0 Å². The van der Waals surface area contributed by atoms with Gasteiger partial charge in [0.05, 0.1) is 5.69 Å². The van der Waals surface area contributed by atoms with Crippen LogP contribution < -0.4 is 0 Å². The van der Waals surface area contributed by atoms with Crippen LogP contribution in [-0.4, -0.2) is 16.2 Å². The SMILES string of the molecule is C(=Nc1ccccc1-c1cc2ccccc2[nH]1)c1ccc(-c2ccncc2)cc1. The highest BCUT2D eigenvalue weighted by molar-refractivity contribution is 5.90. The first-order valence-electron chi connectivity index (χ1n) is 9.58. The Balaban J connectivity index is 1.44. The summed E-state index contributed by atoms with van der Waals surface area (Å²) >= 11 is 0. The number of benzene rings is 3. The van der Waals surface area contributed by atoms with E-state index in [4.69, 9.17) is 4.99 Å². The summed E-state index contributed by atoms with van der Waals surface area (Å²) in [6.07, 6.45) is 5.54. The number of nitrogens with one attached hydrogen (secondary N) is 1. The molecule has 0 bridgehead atoms. The minimum atomic E-state index is 0.942. The maximum Gasteiger partial charge on any atom is 0.0723 e. The van der Waals surface area contributed by atoms with Gasteiger partial charge in [0.2, 0.25) is 0 Å². The lowest BCUT2D eigenvalue weighted by Gasteiger charge is -2.04. The highest BCUT2D eigenvalue weighted by Crippen LogP contribution is 2.31. The van der Waals surface area contributed by atoms with Crippen LogP contribution in [0, 0.1) is 0 Å². The van der Waals surface area contributed by atoms with Crippen LogP contribution in [0.3, 0.4) is 0 Å². The van der Waals surface area contributed by atoms with Crippen LogP contribution in [0.4, 0.5) is 5.69 Å². The van der Waals surface area contributed by atoms with Gasteiger partial charge in [-0.05, 0) is 47.0 Å². The predicted molar refractivity (Wildman–Crippen MR) is 121 cm³/mol. The van der Waals surface area contributed by atoms with E-state index < -0.39 is 0 Å². The third-order valence-corrected chi connectivity index (χ3v) is 5.00. The Bertz CT molecular complexity index is 1250. The van der Waals surface area contributed by atoms with Crippen molar-refractivity contribution in [1.82, 2.24) is 9.97 Å². The molecule has 0 fully saturated rings. The zero-order chi connectivity index (χ0) is 19.5. The fraction of sp³-hybridized carbons (Fsp3) is 0. The molecule has 0 radical (unpaired) electrons. The molecule has 3 aromatic carbocycles. The molecule has 5 aromatic rings. The van der Waals surface area contributed by atoms with Crippen LogP contribution in [0.15, 0.2) is 108 Å². The van der Waals surface area contributed by atoms with Crippen LogP contribution in [0.25, 0.3) is 33.3 Å². The number of rotatable bonds is 4. The number of H-pyrrole nitrogens is 1. The van der Waals surface area contributed by atoms with Crippen molar-refractivity contribution in [2.24, 2.45) is 4.99 Å². The number of fused-ring (bicyclic) bond motifs is 1. The molecule has 0 saturated heterocycles. The van der Waals surface area contributed by atoms with Gasteiger partial charge in [0.15, 0.2) is 0 Å². The molecule has 3 nitrogen and oxygen atoms in total. The van der Waals surface area contributed by atoms with Crippen LogP contribution in [-0.2, 0) is 0 Å². The van der Waals surface area contributed by atoms with E-state index in [-0.39, 0.29) is 0 Å². The summed E-state index contributed by atoms with van der Waals surface area (Å²) in [6.45, 7) is 0. The number of aromatic nitrogens is 2. The van der Waals surface area contributed by atoms with E-state index in [0.29, 0.717) is 0 Å². The lowest BCUT2D eigenvalue weighted by Crippen LogP contribution is -1.84. The average Bonchev–Trinajstić information content (AvgIpc) is 3.23. The summed E-state index contributed by atoms with van der Waals surface area (Å²) in [5, 5.41) is 1.20. The first-order valence-corrected chi connectivity index (χ1v) is 9.58. The minimum absolute atomic E-state index is 0.942. The van der Waals surface area contributed by atoms with Gasteiger partial charge < -0.3 is 4.98 Å². The van der Waals surface area contributed by atoms with E-state index in [0.717, 1.165) is 33.6 Å². The van der Waals surface area contributed by atoms with Crippen molar-refractivity contribution < 1.29 is 0 Å². The molecule has 5 rings (SSSR count). The van der Waals surface area contributed by atoms with Gasteiger partial charge in [0, 0.05) is 40.8 Å². The van der Waals surface area contributed by atoms with Gasteiger partial charge in [-0.15, -0.1) is 0 Å². The van der Waals surface area contributed by atoms with Gasteiger partial charge >= 0.3 is 0 Å². The molecule has 2 heterocycles. The van der Waals surface area contributed by atoms with Crippen molar-refractivity contribution in [3.63, 3.8) is 0 Å². The summed E-state index contributed by atoms with van der Waals surface area (Å²) in [4.78, 5) is 12.3. The van der Waals surface area contributed by atoms with Crippen molar-refractivity contribution in [2.75, 3.05) is 0 Å². The number of para-hydroxylation sites is 2. The Morgan fingerprint density at radius 1 is 0.724 bits per heavy atom. The van der Waals surface area contributed by atoms with Crippen molar-refractivity contribution in [3.8, 4) is 22.4 Å². The molecule has 1 N–H and O–H groups in total. The van der Waals surface area contributed by atoms with Gasteiger partial charge in [0.25, 0.3) is 0 Å². The van der Waals surface area contributed by atoms with Gasteiger partial charge in [-0.1, -0.05) is 60.7 Å².